The van der Waals surface area contributed by atoms with E-state index in [4.69, 9.17) is 0 Å². The van der Waals surface area contributed by atoms with Crippen LogP contribution in [0.1, 0.15) is 41.6 Å². The Morgan fingerprint density at radius 2 is 1.96 bits per heavy atom. The van der Waals surface area contributed by atoms with Gasteiger partial charge in [0.25, 0.3) is 5.91 Å². The number of benzene rings is 1. The third-order valence-electron chi connectivity index (χ3n) is 5.16. The maximum absolute atomic E-state index is 12.6. The molecule has 5 heteroatoms. The first-order chi connectivity index (χ1) is 11.1. The second kappa shape index (κ2) is 5.55. The van der Waals surface area contributed by atoms with Crippen LogP contribution in [-0.4, -0.2) is 31.1 Å². The molecule has 1 saturated heterocycles. The van der Waals surface area contributed by atoms with E-state index in [0.717, 1.165) is 11.3 Å². The molecule has 2 saturated carbocycles. The molecule has 1 heterocycles. The maximum atomic E-state index is 12.6. The zero-order valence-corrected chi connectivity index (χ0v) is 13.5. The van der Waals surface area contributed by atoms with E-state index in [1.165, 1.54) is 25.7 Å². The number of nitrogens with zero attached hydrogens (tertiary/aromatic N) is 1. The van der Waals surface area contributed by atoms with E-state index in [9.17, 15) is 9.59 Å². The number of hydrogen-bond donors (Lipinski definition) is 2. The molecule has 0 spiro atoms. The number of nitrogens with one attached hydrogen (secondary N) is 2. The molecular formula is C18H23N3O2. The van der Waals surface area contributed by atoms with Crippen molar-refractivity contribution in [3.05, 3.63) is 29.3 Å². The molecule has 0 bridgehead atoms. The Morgan fingerprint density at radius 1 is 1.26 bits per heavy atom. The van der Waals surface area contributed by atoms with Crippen molar-refractivity contribution >= 4 is 17.6 Å². The largest absolute Gasteiger partial charge is 0.349 e. The Bertz CT molecular complexity index is 638. The molecule has 1 aromatic carbocycles. The van der Waals surface area contributed by atoms with E-state index < -0.39 is 0 Å². The summed E-state index contributed by atoms with van der Waals surface area (Å²) in [5, 5.41) is 6.06. The van der Waals surface area contributed by atoms with Crippen LogP contribution < -0.4 is 15.5 Å². The number of hydrogen-bond acceptors (Lipinski definition) is 2. The van der Waals surface area contributed by atoms with Gasteiger partial charge in [0.1, 0.15) is 0 Å². The van der Waals surface area contributed by atoms with E-state index in [1.807, 2.05) is 25.1 Å². The second-order valence-corrected chi connectivity index (χ2v) is 7.06. The lowest BCUT2D eigenvalue weighted by Gasteiger charge is -2.20. The van der Waals surface area contributed by atoms with Gasteiger partial charge in [0, 0.05) is 30.4 Å². The summed E-state index contributed by atoms with van der Waals surface area (Å²) < 4.78 is 0. The average Bonchev–Trinajstić information content (AvgIpc) is 3.44. The summed E-state index contributed by atoms with van der Waals surface area (Å²) in [5.41, 5.74) is 2.54. The molecule has 3 fully saturated rings. The van der Waals surface area contributed by atoms with Crippen molar-refractivity contribution in [1.29, 1.82) is 0 Å². The zero-order valence-electron chi connectivity index (χ0n) is 13.5. The molecule has 1 aliphatic heterocycles. The van der Waals surface area contributed by atoms with Gasteiger partial charge in [-0.2, -0.15) is 0 Å². The van der Waals surface area contributed by atoms with Crippen LogP contribution in [0.3, 0.4) is 0 Å². The summed E-state index contributed by atoms with van der Waals surface area (Å²) in [7, 11) is 0. The van der Waals surface area contributed by atoms with Crippen molar-refractivity contribution in [1.82, 2.24) is 10.6 Å². The summed E-state index contributed by atoms with van der Waals surface area (Å²) >= 11 is 0. The lowest BCUT2D eigenvalue weighted by atomic mass is 10.0. The van der Waals surface area contributed by atoms with Crippen molar-refractivity contribution in [2.24, 2.45) is 11.8 Å². The molecule has 0 atom stereocenters. The van der Waals surface area contributed by atoms with Crippen LogP contribution in [0.4, 0.5) is 10.5 Å². The van der Waals surface area contributed by atoms with Crippen molar-refractivity contribution < 1.29 is 9.59 Å². The monoisotopic (exact) mass is 313 g/mol. The molecule has 0 radical (unpaired) electrons. The van der Waals surface area contributed by atoms with Crippen molar-refractivity contribution in [2.75, 3.05) is 18.0 Å². The topological polar surface area (TPSA) is 61.4 Å². The Balaban J connectivity index is 1.49. The third kappa shape index (κ3) is 2.92. The highest BCUT2D eigenvalue weighted by Gasteiger charge is 2.42. The van der Waals surface area contributed by atoms with Crippen LogP contribution in [0, 0.1) is 18.8 Å². The second-order valence-electron chi connectivity index (χ2n) is 7.06. The Kier molecular flexibility index (Phi) is 3.51. The van der Waals surface area contributed by atoms with Gasteiger partial charge in [0.15, 0.2) is 0 Å². The Hall–Kier alpha value is -2.04. The Morgan fingerprint density at radius 3 is 2.48 bits per heavy atom. The van der Waals surface area contributed by atoms with Gasteiger partial charge < -0.3 is 10.6 Å². The van der Waals surface area contributed by atoms with Crippen molar-refractivity contribution in [2.45, 2.75) is 38.6 Å². The fraction of sp³-hybridized carbons (Fsp3) is 0.556. The molecule has 5 nitrogen and oxygen atoms in total. The molecule has 0 aromatic heterocycles. The molecule has 1 aromatic rings. The van der Waals surface area contributed by atoms with Gasteiger partial charge in [-0.25, -0.2) is 4.79 Å². The molecule has 3 aliphatic rings. The summed E-state index contributed by atoms with van der Waals surface area (Å²) in [6.07, 6.45) is 5.01. The van der Waals surface area contributed by atoms with E-state index >= 15 is 0 Å². The molecule has 3 amide bonds. The van der Waals surface area contributed by atoms with E-state index in [2.05, 4.69) is 10.6 Å². The lowest BCUT2D eigenvalue weighted by molar-refractivity contribution is 0.0926. The third-order valence-corrected chi connectivity index (χ3v) is 5.16. The molecular weight excluding hydrogens is 290 g/mol. The fourth-order valence-corrected chi connectivity index (χ4v) is 3.57. The van der Waals surface area contributed by atoms with Gasteiger partial charge in [-0.05, 0) is 68.2 Å². The number of aryl methyl sites for hydroxylation is 1. The van der Waals surface area contributed by atoms with Gasteiger partial charge in [-0.3, -0.25) is 9.69 Å². The first-order valence-corrected chi connectivity index (χ1v) is 8.60. The van der Waals surface area contributed by atoms with Gasteiger partial charge in [-0.15, -0.1) is 0 Å². The standard InChI is InChI=1S/C18H23N3O2/c1-11-10-14(6-7-15(11)21-9-8-19-18(21)23)17(22)20-16(12-2-3-12)13-4-5-13/h6-7,10,12-13,16H,2-5,8-9H2,1H3,(H,19,23)(H,20,22). The van der Waals surface area contributed by atoms with Gasteiger partial charge in [0.2, 0.25) is 0 Å². The predicted molar refractivity (Wildman–Crippen MR) is 88.6 cm³/mol. The number of rotatable bonds is 5. The number of amides is 3. The minimum atomic E-state index is -0.0622. The molecule has 2 N–H and O–H groups in total. The summed E-state index contributed by atoms with van der Waals surface area (Å²) in [5.74, 6) is 1.41. The number of carbonyl (C=O) groups excluding carboxylic acids is 2. The van der Waals surface area contributed by atoms with E-state index in [1.54, 1.807) is 4.90 Å². The van der Waals surface area contributed by atoms with Crippen LogP contribution in [0.25, 0.3) is 0 Å². The maximum Gasteiger partial charge on any atom is 0.322 e. The molecule has 4 rings (SSSR count). The average molecular weight is 313 g/mol. The van der Waals surface area contributed by atoms with Crippen LogP contribution in [0.5, 0.6) is 0 Å². The highest BCUT2D eigenvalue weighted by Crippen LogP contribution is 2.44. The minimum Gasteiger partial charge on any atom is -0.349 e. The van der Waals surface area contributed by atoms with Gasteiger partial charge >= 0.3 is 6.03 Å². The highest BCUT2D eigenvalue weighted by molar-refractivity contribution is 5.98. The summed E-state index contributed by atoms with van der Waals surface area (Å²) in [4.78, 5) is 26.1. The smallest absolute Gasteiger partial charge is 0.322 e. The van der Waals surface area contributed by atoms with Crippen LogP contribution in [0.15, 0.2) is 18.2 Å². The molecule has 0 unspecified atom stereocenters. The quantitative estimate of drug-likeness (QED) is 0.877. The van der Waals surface area contributed by atoms with Crippen LogP contribution >= 0.6 is 0 Å². The lowest BCUT2D eigenvalue weighted by Crippen LogP contribution is -2.38. The predicted octanol–water partition coefficient (Wildman–Crippen LogP) is 2.44. The Labute approximate surface area is 136 Å². The first kappa shape index (κ1) is 14.5. The van der Waals surface area contributed by atoms with Gasteiger partial charge in [-0.1, -0.05) is 0 Å². The number of carbonyl (C=O) groups is 2. The first-order valence-electron chi connectivity index (χ1n) is 8.60. The SMILES string of the molecule is Cc1cc(C(=O)NC(C2CC2)C2CC2)ccc1N1CCNC1=O. The fourth-order valence-electron chi connectivity index (χ4n) is 3.57. The van der Waals surface area contributed by atoms with Gasteiger partial charge in [0.05, 0.1) is 0 Å². The number of urea groups is 1. The van der Waals surface area contributed by atoms with Crippen LogP contribution in [-0.2, 0) is 0 Å². The molecule has 23 heavy (non-hydrogen) atoms. The summed E-state index contributed by atoms with van der Waals surface area (Å²) in [6, 6.07) is 5.92. The van der Waals surface area contributed by atoms with Crippen molar-refractivity contribution in [3.8, 4) is 0 Å². The normalized spacial score (nSPS) is 20.8. The molecule has 122 valence electrons. The van der Waals surface area contributed by atoms with E-state index in [-0.39, 0.29) is 11.9 Å². The highest BCUT2D eigenvalue weighted by atomic mass is 16.2. The van der Waals surface area contributed by atoms with Crippen LogP contribution in [0.2, 0.25) is 0 Å². The zero-order chi connectivity index (χ0) is 16.0. The summed E-state index contributed by atoms with van der Waals surface area (Å²) in [6.45, 7) is 3.30. The van der Waals surface area contributed by atoms with E-state index in [0.29, 0.717) is 36.5 Å². The number of anilines is 1. The molecule has 2 aliphatic carbocycles. The minimum absolute atomic E-state index is 0.0225. The van der Waals surface area contributed by atoms with Crippen molar-refractivity contribution in [3.63, 3.8) is 0 Å².